The van der Waals surface area contributed by atoms with Crippen LogP contribution in [0.4, 0.5) is 0 Å². The molecule has 0 saturated carbocycles. The van der Waals surface area contributed by atoms with Crippen LogP contribution in [-0.4, -0.2) is 30.6 Å². The van der Waals surface area contributed by atoms with Gasteiger partial charge in [-0.1, -0.05) is 18.2 Å². The van der Waals surface area contributed by atoms with E-state index in [4.69, 9.17) is 5.73 Å². The van der Waals surface area contributed by atoms with Crippen molar-refractivity contribution in [3.63, 3.8) is 0 Å². The van der Waals surface area contributed by atoms with Gasteiger partial charge in [-0.15, -0.1) is 6.58 Å². The molecular formula is C9H16N2. The zero-order valence-corrected chi connectivity index (χ0v) is 6.87. The summed E-state index contributed by atoms with van der Waals surface area (Å²) in [5.41, 5.74) is 5.60. The average Bonchev–Trinajstić information content (AvgIpc) is 2.06. The Morgan fingerprint density at radius 2 is 2.55 bits per heavy atom. The molecule has 0 saturated heterocycles. The Labute approximate surface area is 68.4 Å². The number of hydrogen-bond donors (Lipinski definition) is 1. The van der Waals surface area contributed by atoms with Crippen molar-refractivity contribution in [1.29, 1.82) is 0 Å². The van der Waals surface area contributed by atoms with Gasteiger partial charge in [0.05, 0.1) is 0 Å². The van der Waals surface area contributed by atoms with Crippen molar-refractivity contribution in [2.24, 2.45) is 5.73 Å². The predicted octanol–water partition coefficient (Wildman–Crippen LogP) is 0.762. The maximum atomic E-state index is 5.60. The van der Waals surface area contributed by atoms with E-state index < -0.39 is 0 Å². The van der Waals surface area contributed by atoms with Crippen molar-refractivity contribution in [2.75, 3.05) is 19.6 Å². The third-order valence-corrected chi connectivity index (χ3v) is 2.02. The van der Waals surface area contributed by atoms with Crippen molar-refractivity contribution < 1.29 is 0 Å². The second-order valence-electron chi connectivity index (χ2n) is 2.80. The fraction of sp³-hybridized carbons (Fsp3) is 0.556. The van der Waals surface area contributed by atoms with Gasteiger partial charge in [0, 0.05) is 25.7 Å². The quantitative estimate of drug-likeness (QED) is 0.605. The van der Waals surface area contributed by atoms with Crippen LogP contribution in [0.5, 0.6) is 0 Å². The van der Waals surface area contributed by atoms with Gasteiger partial charge in [-0.05, 0) is 6.42 Å². The molecule has 0 aromatic rings. The number of hydrogen-bond acceptors (Lipinski definition) is 2. The topological polar surface area (TPSA) is 29.3 Å². The zero-order valence-electron chi connectivity index (χ0n) is 6.87. The Morgan fingerprint density at radius 3 is 3.18 bits per heavy atom. The zero-order chi connectivity index (χ0) is 8.10. The van der Waals surface area contributed by atoms with Crippen LogP contribution in [0.15, 0.2) is 24.8 Å². The highest BCUT2D eigenvalue weighted by Crippen LogP contribution is 2.07. The van der Waals surface area contributed by atoms with E-state index in [1.54, 1.807) is 0 Å². The highest BCUT2D eigenvalue weighted by molar-refractivity contribution is 5.01. The van der Waals surface area contributed by atoms with E-state index in [1.807, 2.05) is 6.08 Å². The summed E-state index contributed by atoms with van der Waals surface area (Å²) in [7, 11) is 0. The van der Waals surface area contributed by atoms with Crippen LogP contribution in [0.2, 0.25) is 0 Å². The lowest BCUT2D eigenvalue weighted by Crippen LogP contribution is -2.41. The third-order valence-electron chi connectivity index (χ3n) is 2.02. The summed E-state index contributed by atoms with van der Waals surface area (Å²) in [5.74, 6) is 0. The molecule has 0 spiro atoms. The van der Waals surface area contributed by atoms with Gasteiger partial charge in [0.25, 0.3) is 0 Å². The Morgan fingerprint density at radius 1 is 1.73 bits per heavy atom. The number of nitrogens with two attached hydrogens (primary N) is 1. The van der Waals surface area contributed by atoms with Crippen LogP contribution in [-0.2, 0) is 0 Å². The summed E-state index contributed by atoms with van der Waals surface area (Å²) in [6, 6.07) is 0.432. The normalized spacial score (nSPS) is 25.4. The minimum atomic E-state index is 0.432. The monoisotopic (exact) mass is 152 g/mol. The minimum absolute atomic E-state index is 0.432. The van der Waals surface area contributed by atoms with Gasteiger partial charge in [0.15, 0.2) is 0 Å². The van der Waals surface area contributed by atoms with Gasteiger partial charge in [0.2, 0.25) is 0 Å². The summed E-state index contributed by atoms with van der Waals surface area (Å²) in [5, 5.41) is 0. The van der Waals surface area contributed by atoms with Gasteiger partial charge in [0.1, 0.15) is 0 Å². The van der Waals surface area contributed by atoms with Gasteiger partial charge < -0.3 is 5.73 Å². The molecule has 2 nitrogen and oxygen atoms in total. The fourth-order valence-electron chi connectivity index (χ4n) is 1.40. The standard InChI is InChI=1S/C9H16N2/c1-2-6-11-7-4-3-5-9(11)8-10/h2-3,5,9H,1,4,6-8,10H2. The molecular weight excluding hydrogens is 136 g/mol. The summed E-state index contributed by atoms with van der Waals surface area (Å²) < 4.78 is 0. The summed E-state index contributed by atoms with van der Waals surface area (Å²) in [6.07, 6.45) is 7.47. The molecule has 1 aliphatic rings. The first-order chi connectivity index (χ1) is 5.38. The first-order valence-corrected chi connectivity index (χ1v) is 4.10. The van der Waals surface area contributed by atoms with Crippen LogP contribution in [0, 0.1) is 0 Å². The molecule has 0 aromatic carbocycles. The molecule has 1 atom stereocenters. The van der Waals surface area contributed by atoms with Gasteiger partial charge in [-0.2, -0.15) is 0 Å². The molecule has 0 bridgehead atoms. The largest absolute Gasteiger partial charge is 0.329 e. The highest BCUT2D eigenvalue weighted by Gasteiger charge is 2.14. The minimum Gasteiger partial charge on any atom is -0.329 e. The van der Waals surface area contributed by atoms with E-state index >= 15 is 0 Å². The molecule has 0 aliphatic carbocycles. The van der Waals surface area contributed by atoms with Gasteiger partial charge in [-0.3, -0.25) is 4.90 Å². The van der Waals surface area contributed by atoms with Crippen LogP contribution in [0.1, 0.15) is 6.42 Å². The van der Waals surface area contributed by atoms with Crippen molar-refractivity contribution in [3.8, 4) is 0 Å². The van der Waals surface area contributed by atoms with E-state index in [9.17, 15) is 0 Å². The summed E-state index contributed by atoms with van der Waals surface area (Å²) in [4.78, 5) is 2.34. The van der Waals surface area contributed by atoms with Crippen LogP contribution in [0.3, 0.4) is 0 Å². The molecule has 1 rings (SSSR count). The lowest BCUT2D eigenvalue weighted by molar-refractivity contribution is 0.252. The van der Waals surface area contributed by atoms with Crippen LogP contribution < -0.4 is 5.73 Å². The van der Waals surface area contributed by atoms with Crippen molar-refractivity contribution in [1.82, 2.24) is 4.90 Å². The Bertz CT molecular complexity index is 152. The number of rotatable bonds is 3. The predicted molar refractivity (Wildman–Crippen MR) is 48.4 cm³/mol. The van der Waals surface area contributed by atoms with Crippen molar-refractivity contribution in [3.05, 3.63) is 24.8 Å². The lowest BCUT2D eigenvalue weighted by Gasteiger charge is -2.30. The van der Waals surface area contributed by atoms with Crippen molar-refractivity contribution >= 4 is 0 Å². The highest BCUT2D eigenvalue weighted by atomic mass is 15.2. The maximum absolute atomic E-state index is 5.60. The molecule has 2 heteroatoms. The average molecular weight is 152 g/mol. The first-order valence-electron chi connectivity index (χ1n) is 4.10. The molecule has 2 N–H and O–H groups in total. The van der Waals surface area contributed by atoms with Gasteiger partial charge in [-0.25, -0.2) is 0 Å². The first kappa shape index (κ1) is 8.50. The summed E-state index contributed by atoms with van der Waals surface area (Å²) in [6.45, 7) is 6.50. The molecule has 0 radical (unpaired) electrons. The Balaban J connectivity index is 2.48. The van der Waals surface area contributed by atoms with E-state index in [0.717, 1.165) is 19.5 Å². The van der Waals surface area contributed by atoms with Crippen LogP contribution in [0.25, 0.3) is 0 Å². The maximum Gasteiger partial charge on any atom is 0.0404 e. The fourth-order valence-corrected chi connectivity index (χ4v) is 1.40. The molecule has 1 heterocycles. The molecule has 0 fully saturated rings. The van der Waals surface area contributed by atoms with E-state index in [-0.39, 0.29) is 0 Å². The Hall–Kier alpha value is -0.600. The van der Waals surface area contributed by atoms with E-state index in [1.165, 1.54) is 0 Å². The van der Waals surface area contributed by atoms with E-state index in [2.05, 4.69) is 23.6 Å². The Kier molecular flexibility index (Phi) is 3.33. The number of nitrogens with zero attached hydrogens (tertiary/aromatic N) is 1. The smallest absolute Gasteiger partial charge is 0.0404 e. The molecule has 0 aromatic heterocycles. The van der Waals surface area contributed by atoms with Gasteiger partial charge >= 0.3 is 0 Å². The second-order valence-corrected chi connectivity index (χ2v) is 2.80. The van der Waals surface area contributed by atoms with Crippen LogP contribution >= 0.6 is 0 Å². The second kappa shape index (κ2) is 4.31. The molecule has 62 valence electrons. The third kappa shape index (κ3) is 2.17. The van der Waals surface area contributed by atoms with E-state index in [0.29, 0.717) is 12.6 Å². The summed E-state index contributed by atoms with van der Waals surface area (Å²) >= 11 is 0. The SMILES string of the molecule is C=CCN1CCC=CC1CN. The molecule has 1 unspecified atom stereocenters. The van der Waals surface area contributed by atoms with Crippen molar-refractivity contribution in [2.45, 2.75) is 12.5 Å². The lowest BCUT2D eigenvalue weighted by atomic mass is 10.1. The molecule has 1 aliphatic heterocycles. The molecule has 0 amide bonds. The molecule has 11 heavy (non-hydrogen) atoms.